The summed E-state index contributed by atoms with van der Waals surface area (Å²) < 4.78 is 3.95. The Kier molecular flexibility index (Phi) is 3.59. The van der Waals surface area contributed by atoms with Crippen LogP contribution in [0.3, 0.4) is 0 Å². The Labute approximate surface area is 160 Å². The van der Waals surface area contributed by atoms with Gasteiger partial charge in [-0.15, -0.1) is 0 Å². The van der Waals surface area contributed by atoms with Crippen LogP contribution in [0.5, 0.6) is 0 Å². The Morgan fingerprint density at radius 1 is 1.36 bits per heavy atom. The molecule has 8 heteroatoms. The number of aromatic nitrogens is 5. The molecule has 1 fully saturated rings. The van der Waals surface area contributed by atoms with E-state index < -0.39 is 11.4 Å². The van der Waals surface area contributed by atoms with Crippen molar-refractivity contribution in [3.63, 3.8) is 0 Å². The van der Waals surface area contributed by atoms with Gasteiger partial charge in [-0.25, -0.2) is 4.79 Å². The standard InChI is InChI=1S/C20H21N5O3/c1-10(2)15-9-25-19(14-5-16(26)13(20(27)28)8-24(14)15)17(12-6-21-22-7-12)18(23-25)11-3-4-11/h5-8,10-11,15H,3-4,9H2,1-2H3,(H,21,22)(H,27,28)/t15-/m0/s1. The van der Waals surface area contributed by atoms with E-state index in [1.807, 2.05) is 15.4 Å². The molecule has 28 heavy (non-hydrogen) atoms. The summed E-state index contributed by atoms with van der Waals surface area (Å²) in [5, 5.41) is 21.3. The molecule has 0 radical (unpaired) electrons. The van der Waals surface area contributed by atoms with Crippen LogP contribution in [-0.2, 0) is 6.54 Å². The molecule has 4 heterocycles. The van der Waals surface area contributed by atoms with Gasteiger partial charge in [0.15, 0.2) is 5.43 Å². The second kappa shape index (κ2) is 5.92. The Balaban J connectivity index is 1.82. The molecular formula is C20H21N5O3. The lowest BCUT2D eigenvalue weighted by molar-refractivity contribution is 0.0694. The lowest BCUT2D eigenvalue weighted by Gasteiger charge is -2.32. The van der Waals surface area contributed by atoms with E-state index in [9.17, 15) is 14.7 Å². The molecule has 0 aromatic carbocycles. The fraction of sp³-hybridized carbons (Fsp3) is 0.400. The van der Waals surface area contributed by atoms with Crippen LogP contribution in [0.2, 0.25) is 0 Å². The van der Waals surface area contributed by atoms with Crippen LogP contribution in [0.4, 0.5) is 0 Å². The summed E-state index contributed by atoms with van der Waals surface area (Å²) in [5.74, 6) is -0.517. The Morgan fingerprint density at radius 2 is 2.14 bits per heavy atom. The van der Waals surface area contributed by atoms with Crippen molar-refractivity contribution < 1.29 is 9.90 Å². The number of aromatic amines is 1. The molecule has 3 aromatic heterocycles. The van der Waals surface area contributed by atoms with E-state index in [4.69, 9.17) is 5.10 Å². The van der Waals surface area contributed by atoms with Gasteiger partial charge in [0, 0.05) is 35.5 Å². The van der Waals surface area contributed by atoms with Crippen LogP contribution in [0.1, 0.15) is 54.7 Å². The molecule has 1 aliphatic heterocycles. The molecule has 1 atom stereocenters. The maximum absolute atomic E-state index is 12.5. The van der Waals surface area contributed by atoms with Gasteiger partial charge < -0.3 is 9.67 Å². The van der Waals surface area contributed by atoms with Crippen molar-refractivity contribution in [3.05, 3.63) is 46.1 Å². The summed E-state index contributed by atoms with van der Waals surface area (Å²) in [7, 11) is 0. The van der Waals surface area contributed by atoms with Crippen molar-refractivity contribution in [2.24, 2.45) is 5.92 Å². The molecule has 0 saturated heterocycles. The third-order valence-electron chi connectivity index (χ3n) is 5.77. The number of hydrogen-bond donors (Lipinski definition) is 2. The minimum atomic E-state index is -1.20. The molecule has 0 bridgehead atoms. The van der Waals surface area contributed by atoms with Gasteiger partial charge in [0.05, 0.1) is 35.9 Å². The number of hydrogen-bond acceptors (Lipinski definition) is 4. The first-order valence-corrected chi connectivity index (χ1v) is 9.55. The predicted octanol–water partition coefficient (Wildman–Crippen LogP) is 2.89. The average Bonchev–Trinajstić information content (AvgIpc) is 3.21. The van der Waals surface area contributed by atoms with Gasteiger partial charge in [0.1, 0.15) is 5.56 Å². The molecule has 0 spiro atoms. The monoisotopic (exact) mass is 379 g/mol. The maximum Gasteiger partial charge on any atom is 0.341 e. The summed E-state index contributed by atoms with van der Waals surface area (Å²) in [5.41, 5.74) is 3.88. The highest BCUT2D eigenvalue weighted by atomic mass is 16.4. The van der Waals surface area contributed by atoms with Crippen LogP contribution in [0.15, 0.2) is 29.5 Å². The van der Waals surface area contributed by atoms with Gasteiger partial charge in [-0.3, -0.25) is 14.6 Å². The van der Waals surface area contributed by atoms with Crippen LogP contribution in [0.25, 0.3) is 22.5 Å². The molecule has 2 aliphatic rings. The molecule has 0 amide bonds. The van der Waals surface area contributed by atoms with Crippen molar-refractivity contribution in [2.45, 2.75) is 45.2 Å². The lowest BCUT2D eigenvalue weighted by Crippen LogP contribution is -2.31. The predicted molar refractivity (Wildman–Crippen MR) is 102 cm³/mol. The minimum Gasteiger partial charge on any atom is -0.477 e. The number of carbonyl (C=O) groups is 1. The Hall–Kier alpha value is -3.16. The zero-order chi connectivity index (χ0) is 19.6. The number of H-pyrrole nitrogens is 1. The highest BCUT2D eigenvalue weighted by molar-refractivity contribution is 5.88. The zero-order valence-corrected chi connectivity index (χ0v) is 15.7. The third kappa shape index (κ3) is 2.44. The molecule has 1 saturated carbocycles. The van der Waals surface area contributed by atoms with Crippen molar-refractivity contribution in [2.75, 3.05) is 0 Å². The normalized spacial score (nSPS) is 18.2. The van der Waals surface area contributed by atoms with Gasteiger partial charge in [0.2, 0.25) is 0 Å². The fourth-order valence-corrected chi connectivity index (χ4v) is 4.16. The van der Waals surface area contributed by atoms with E-state index in [-0.39, 0.29) is 17.5 Å². The van der Waals surface area contributed by atoms with E-state index in [2.05, 4.69) is 24.0 Å². The number of carboxylic acid groups (broad SMARTS) is 1. The fourth-order valence-electron chi connectivity index (χ4n) is 4.16. The number of carboxylic acids is 1. The SMILES string of the molecule is CC(C)[C@@H]1Cn2nc(C3CC3)c(-c3cn[nH]c3)c2-c2cc(=O)c(C(=O)O)cn21. The van der Waals surface area contributed by atoms with Crippen molar-refractivity contribution in [3.8, 4) is 22.5 Å². The van der Waals surface area contributed by atoms with Crippen LogP contribution >= 0.6 is 0 Å². The smallest absolute Gasteiger partial charge is 0.341 e. The van der Waals surface area contributed by atoms with E-state index in [0.29, 0.717) is 12.5 Å². The first-order valence-electron chi connectivity index (χ1n) is 9.55. The van der Waals surface area contributed by atoms with Crippen molar-refractivity contribution in [1.82, 2.24) is 24.5 Å². The van der Waals surface area contributed by atoms with Gasteiger partial charge in [0.25, 0.3) is 0 Å². The number of rotatable bonds is 4. The van der Waals surface area contributed by atoms with Crippen LogP contribution < -0.4 is 5.43 Å². The van der Waals surface area contributed by atoms with Gasteiger partial charge >= 0.3 is 5.97 Å². The second-order valence-electron chi connectivity index (χ2n) is 8.01. The van der Waals surface area contributed by atoms with Gasteiger partial charge in [-0.2, -0.15) is 10.2 Å². The summed E-state index contributed by atoms with van der Waals surface area (Å²) in [6.45, 7) is 4.83. The average molecular weight is 379 g/mol. The minimum absolute atomic E-state index is 0.0188. The first-order chi connectivity index (χ1) is 13.5. The summed E-state index contributed by atoms with van der Waals surface area (Å²) in [4.78, 5) is 24.1. The summed E-state index contributed by atoms with van der Waals surface area (Å²) >= 11 is 0. The van der Waals surface area contributed by atoms with E-state index in [1.165, 1.54) is 12.3 Å². The number of aromatic carboxylic acids is 1. The molecule has 5 rings (SSSR count). The maximum atomic E-state index is 12.5. The molecule has 3 aromatic rings. The quantitative estimate of drug-likeness (QED) is 0.725. The van der Waals surface area contributed by atoms with Gasteiger partial charge in [-0.05, 0) is 18.8 Å². The van der Waals surface area contributed by atoms with Crippen molar-refractivity contribution >= 4 is 5.97 Å². The largest absolute Gasteiger partial charge is 0.477 e. The number of nitrogens with one attached hydrogen (secondary N) is 1. The summed E-state index contributed by atoms with van der Waals surface area (Å²) in [6.07, 6.45) is 7.33. The summed E-state index contributed by atoms with van der Waals surface area (Å²) in [6, 6.07) is 1.47. The Morgan fingerprint density at radius 3 is 2.75 bits per heavy atom. The number of fused-ring (bicyclic) bond motifs is 3. The Bertz CT molecular complexity index is 1140. The van der Waals surface area contributed by atoms with E-state index in [1.54, 1.807) is 6.20 Å². The number of pyridine rings is 1. The molecular weight excluding hydrogens is 358 g/mol. The van der Waals surface area contributed by atoms with E-state index in [0.717, 1.165) is 41.1 Å². The lowest BCUT2D eigenvalue weighted by atomic mass is 9.96. The van der Waals surface area contributed by atoms with Crippen LogP contribution in [0, 0.1) is 5.92 Å². The third-order valence-corrected chi connectivity index (χ3v) is 5.77. The highest BCUT2D eigenvalue weighted by Crippen LogP contribution is 2.48. The van der Waals surface area contributed by atoms with Crippen LogP contribution in [-0.4, -0.2) is 35.6 Å². The van der Waals surface area contributed by atoms with Crippen molar-refractivity contribution in [1.29, 1.82) is 0 Å². The van der Waals surface area contributed by atoms with Gasteiger partial charge in [-0.1, -0.05) is 13.8 Å². The molecule has 2 N–H and O–H groups in total. The zero-order valence-electron chi connectivity index (χ0n) is 15.7. The molecule has 8 nitrogen and oxygen atoms in total. The molecule has 0 unspecified atom stereocenters. The molecule has 1 aliphatic carbocycles. The highest BCUT2D eigenvalue weighted by Gasteiger charge is 2.37. The second-order valence-corrected chi connectivity index (χ2v) is 8.01. The first kappa shape index (κ1) is 17.0. The van der Waals surface area contributed by atoms with E-state index >= 15 is 0 Å². The molecule has 144 valence electrons. The number of nitrogens with zero attached hydrogens (tertiary/aromatic N) is 4. The topological polar surface area (TPSA) is 106 Å².